The second-order valence-electron chi connectivity index (χ2n) is 5.64. The van der Waals surface area contributed by atoms with Crippen LogP contribution in [0.15, 0.2) is 53.9 Å². The van der Waals surface area contributed by atoms with Gasteiger partial charge >= 0.3 is 0 Å². The van der Waals surface area contributed by atoms with Crippen LogP contribution < -0.4 is 5.32 Å². The zero-order chi connectivity index (χ0) is 17.8. The van der Waals surface area contributed by atoms with Crippen molar-refractivity contribution in [1.29, 1.82) is 0 Å². The van der Waals surface area contributed by atoms with E-state index in [0.29, 0.717) is 5.69 Å². The van der Waals surface area contributed by atoms with Crippen molar-refractivity contribution in [2.24, 2.45) is 0 Å². The van der Waals surface area contributed by atoms with Crippen LogP contribution in [0.1, 0.15) is 24.2 Å². The van der Waals surface area contributed by atoms with Crippen molar-refractivity contribution in [3.05, 3.63) is 76.8 Å². The van der Waals surface area contributed by atoms with Gasteiger partial charge in [-0.15, -0.1) is 11.3 Å². The highest BCUT2D eigenvalue weighted by molar-refractivity contribution is 7.13. The van der Waals surface area contributed by atoms with Gasteiger partial charge in [-0.05, 0) is 13.0 Å². The van der Waals surface area contributed by atoms with Crippen LogP contribution >= 0.6 is 11.3 Å². The lowest BCUT2D eigenvalue weighted by Gasteiger charge is -2.14. The van der Waals surface area contributed by atoms with E-state index in [9.17, 15) is 13.6 Å². The molecule has 1 N–H and O–H groups in total. The molecule has 0 aliphatic heterocycles. The number of benzene rings is 2. The number of carbonyl (C=O) groups is 1. The normalized spacial score (nSPS) is 12.0. The molecule has 1 amide bonds. The third-order valence-electron chi connectivity index (χ3n) is 3.72. The fraction of sp³-hybridized carbons (Fsp3) is 0.158. The van der Waals surface area contributed by atoms with Crippen molar-refractivity contribution in [3.63, 3.8) is 0 Å². The quantitative estimate of drug-likeness (QED) is 0.729. The molecule has 1 unspecified atom stereocenters. The molecule has 25 heavy (non-hydrogen) atoms. The number of nitrogens with one attached hydrogen (secondary N) is 1. The van der Waals surface area contributed by atoms with Gasteiger partial charge in [0, 0.05) is 22.6 Å². The van der Waals surface area contributed by atoms with Crippen LogP contribution in [0.4, 0.5) is 8.78 Å². The first-order valence-electron chi connectivity index (χ1n) is 7.77. The topological polar surface area (TPSA) is 42.0 Å². The van der Waals surface area contributed by atoms with Crippen LogP contribution in [0.5, 0.6) is 0 Å². The Morgan fingerprint density at radius 2 is 1.96 bits per heavy atom. The minimum absolute atomic E-state index is 0.108. The number of hydrogen-bond acceptors (Lipinski definition) is 3. The SMILES string of the molecule is CC(NC(=O)Cc1csc(-c2ccccc2)n1)c1ccc(F)cc1F. The predicted octanol–water partition coefficient (Wildman–Crippen LogP) is 4.51. The first kappa shape index (κ1) is 17.2. The number of halogens is 2. The molecule has 3 nitrogen and oxygen atoms in total. The van der Waals surface area contributed by atoms with Crippen molar-refractivity contribution >= 4 is 17.2 Å². The molecule has 0 fully saturated rings. The minimum atomic E-state index is -0.673. The zero-order valence-electron chi connectivity index (χ0n) is 13.5. The van der Waals surface area contributed by atoms with Crippen molar-refractivity contribution in [2.45, 2.75) is 19.4 Å². The first-order valence-corrected chi connectivity index (χ1v) is 8.65. The van der Waals surface area contributed by atoms with Crippen LogP contribution in [-0.2, 0) is 11.2 Å². The summed E-state index contributed by atoms with van der Waals surface area (Å²) in [6.07, 6.45) is 0.108. The van der Waals surface area contributed by atoms with Gasteiger partial charge < -0.3 is 5.32 Å². The number of amides is 1. The van der Waals surface area contributed by atoms with Gasteiger partial charge in [0.25, 0.3) is 0 Å². The Balaban J connectivity index is 1.64. The number of carbonyl (C=O) groups excluding carboxylic acids is 1. The van der Waals surface area contributed by atoms with E-state index in [2.05, 4.69) is 10.3 Å². The Kier molecular flexibility index (Phi) is 5.19. The summed E-state index contributed by atoms with van der Waals surface area (Å²) >= 11 is 1.47. The van der Waals surface area contributed by atoms with Gasteiger partial charge in [0.05, 0.1) is 18.2 Å². The van der Waals surface area contributed by atoms with E-state index < -0.39 is 17.7 Å². The Morgan fingerprint density at radius 3 is 2.68 bits per heavy atom. The average molecular weight is 358 g/mol. The van der Waals surface area contributed by atoms with E-state index in [-0.39, 0.29) is 17.9 Å². The molecule has 1 atom stereocenters. The van der Waals surface area contributed by atoms with Gasteiger partial charge in [0.1, 0.15) is 16.6 Å². The second kappa shape index (κ2) is 7.53. The Bertz CT molecular complexity index is 880. The summed E-state index contributed by atoms with van der Waals surface area (Å²) in [5.41, 5.74) is 1.91. The van der Waals surface area contributed by atoms with E-state index in [0.717, 1.165) is 16.6 Å². The zero-order valence-corrected chi connectivity index (χ0v) is 14.3. The largest absolute Gasteiger partial charge is 0.349 e. The van der Waals surface area contributed by atoms with Crippen molar-refractivity contribution in [2.75, 3.05) is 0 Å². The molecule has 0 spiro atoms. The number of rotatable bonds is 5. The molecule has 0 saturated heterocycles. The third-order valence-corrected chi connectivity index (χ3v) is 4.66. The van der Waals surface area contributed by atoms with Gasteiger partial charge in [-0.25, -0.2) is 13.8 Å². The maximum Gasteiger partial charge on any atom is 0.226 e. The maximum atomic E-state index is 13.8. The number of hydrogen-bond donors (Lipinski definition) is 1. The molecule has 3 aromatic rings. The Morgan fingerprint density at radius 1 is 1.20 bits per heavy atom. The van der Waals surface area contributed by atoms with Crippen LogP contribution in [0.3, 0.4) is 0 Å². The summed E-state index contributed by atoms with van der Waals surface area (Å²) in [6.45, 7) is 1.66. The van der Waals surface area contributed by atoms with Gasteiger partial charge in [-0.2, -0.15) is 0 Å². The molecule has 0 bridgehead atoms. The molecule has 3 rings (SSSR count). The van der Waals surface area contributed by atoms with Crippen molar-refractivity contribution in [3.8, 4) is 10.6 Å². The third kappa shape index (κ3) is 4.28. The summed E-state index contributed by atoms with van der Waals surface area (Å²) in [5, 5.41) is 5.40. The van der Waals surface area contributed by atoms with Gasteiger partial charge in [0.15, 0.2) is 0 Å². The highest BCUT2D eigenvalue weighted by Crippen LogP contribution is 2.23. The molecule has 0 radical (unpaired) electrons. The lowest BCUT2D eigenvalue weighted by atomic mass is 10.1. The smallest absolute Gasteiger partial charge is 0.226 e. The monoisotopic (exact) mass is 358 g/mol. The first-order chi connectivity index (χ1) is 12.0. The minimum Gasteiger partial charge on any atom is -0.349 e. The molecule has 2 aromatic carbocycles. The summed E-state index contributed by atoms with van der Waals surface area (Å²) in [7, 11) is 0. The molecule has 0 aliphatic carbocycles. The van der Waals surface area contributed by atoms with Crippen LogP contribution in [0.25, 0.3) is 10.6 Å². The molecular formula is C19H16F2N2OS. The Labute approximate surface area is 148 Å². The molecule has 128 valence electrons. The molecular weight excluding hydrogens is 342 g/mol. The lowest BCUT2D eigenvalue weighted by molar-refractivity contribution is -0.121. The highest BCUT2D eigenvalue weighted by Gasteiger charge is 2.15. The number of aromatic nitrogens is 1. The molecule has 1 aromatic heterocycles. The lowest BCUT2D eigenvalue weighted by Crippen LogP contribution is -2.28. The van der Waals surface area contributed by atoms with Crippen molar-refractivity contribution < 1.29 is 13.6 Å². The maximum absolute atomic E-state index is 13.8. The summed E-state index contributed by atoms with van der Waals surface area (Å²) < 4.78 is 26.7. The molecule has 0 saturated carbocycles. The average Bonchev–Trinajstić information content (AvgIpc) is 3.03. The van der Waals surface area contributed by atoms with E-state index in [4.69, 9.17) is 0 Å². The summed E-state index contributed by atoms with van der Waals surface area (Å²) in [6, 6.07) is 12.5. The molecule has 0 aliphatic rings. The molecule has 6 heteroatoms. The van der Waals surface area contributed by atoms with E-state index in [1.165, 1.54) is 23.5 Å². The highest BCUT2D eigenvalue weighted by atomic mass is 32.1. The van der Waals surface area contributed by atoms with Gasteiger partial charge in [0.2, 0.25) is 5.91 Å². The Hall–Kier alpha value is -2.60. The fourth-order valence-electron chi connectivity index (χ4n) is 2.49. The fourth-order valence-corrected chi connectivity index (χ4v) is 3.31. The van der Waals surface area contributed by atoms with E-state index in [1.807, 2.05) is 35.7 Å². The van der Waals surface area contributed by atoms with Crippen molar-refractivity contribution in [1.82, 2.24) is 10.3 Å². The number of nitrogens with zero attached hydrogens (tertiary/aromatic N) is 1. The van der Waals surface area contributed by atoms with E-state index >= 15 is 0 Å². The molecule has 1 heterocycles. The summed E-state index contributed by atoms with van der Waals surface area (Å²) in [4.78, 5) is 16.6. The van der Waals surface area contributed by atoms with Crippen LogP contribution in [0, 0.1) is 11.6 Å². The van der Waals surface area contributed by atoms with Crippen LogP contribution in [-0.4, -0.2) is 10.9 Å². The number of thiazole rings is 1. The predicted molar refractivity (Wildman–Crippen MR) is 94.2 cm³/mol. The van der Waals surface area contributed by atoms with E-state index in [1.54, 1.807) is 6.92 Å². The summed E-state index contributed by atoms with van der Waals surface area (Å²) in [5.74, 6) is -1.58. The van der Waals surface area contributed by atoms with Crippen LogP contribution in [0.2, 0.25) is 0 Å². The van der Waals surface area contributed by atoms with Gasteiger partial charge in [-0.1, -0.05) is 36.4 Å². The van der Waals surface area contributed by atoms with Gasteiger partial charge in [-0.3, -0.25) is 4.79 Å². The second-order valence-corrected chi connectivity index (χ2v) is 6.50. The standard InChI is InChI=1S/C19H16F2N2OS/c1-12(16-8-7-14(20)9-17(16)21)22-18(24)10-15-11-25-19(23-15)13-5-3-2-4-6-13/h2-9,11-12H,10H2,1H3,(H,22,24).